The molecule has 0 radical (unpaired) electrons. The average Bonchev–Trinajstić information content (AvgIpc) is 2.64. The Hall–Kier alpha value is -2.20. The molecule has 0 N–H and O–H groups in total. The predicted molar refractivity (Wildman–Crippen MR) is 102 cm³/mol. The van der Waals surface area contributed by atoms with E-state index >= 15 is 0 Å². The number of hydrogen-bond acceptors (Lipinski definition) is 3. The second kappa shape index (κ2) is 7.79. The van der Waals surface area contributed by atoms with E-state index in [0.29, 0.717) is 18.1 Å². The van der Waals surface area contributed by atoms with Crippen molar-refractivity contribution in [2.75, 3.05) is 32.1 Å². The van der Waals surface area contributed by atoms with E-state index in [1.54, 1.807) is 0 Å². The highest BCUT2D eigenvalue weighted by atomic mass is 35.5. The summed E-state index contributed by atoms with van der Waals surface area (Å²) < 4.78 is 5.98. The third-order valence-electron chi connectivity index (χ3n) is 4.48. The van der Waals surface area contributed by atoms with Crippen LogP contribution in [0.3, 0.4) is 0 Å². The fourth-order valence-electron chi connectivity index (χ4n) is 2.97. The van der Waals surface area contributed by atoms with Crippen LogP contribution in [0.25, 0.3) is 0 Å². The standard InChI is InChI=1S/C20H23ClN2O2/c1-22(2)17-7-3-15(4-8-17)20(24)23-13-11-19(12-14-23)25-18-9-5-16(21)6-10-18/h3-10,19H,11-14H2,1-2H3. The zero-order valence-electron chi connectivity index (χ0n) is 14.6. The number of piperidine rings is 1. The maximum Gasteiger partial charge on any atom is 0.253 e. The molecule has 1 fully saturated rings. The first kappa shape index (κ1) is 17.6. The van der Waals surface area contributed by atoms with Crippen molar-refractivity contribution in [3.05, 3.63) is 59.1 Å². The minimum absolute atomic E-state index is 0.0928. The van der Waals surface area contributed by atoms with Crippen LogP contribution in [-0.4, -0.2) is 44.1 Å². The zero-order valence-corrected chi connectivity index (χ0v) is 15.4. The molecule has 25 heavy (non-hydrogen) atoms. The highest BCUT2D eigenvalue weighted by molar-refractivity contribution is 6.30. The minimum Gasteiger partial charge on any atom is -0.490 e. The van der Waals surface area contributed by atoms with Crippen LogP contribution in [0.5, 0.6) is 5.75 Å². The van der Waals surface area contributed by atoms with Crippen LogP contribution < -0.4 is 9.64 Å². The first-order valence-electron chi connectivity index (χ1n) is 8.52. The van der Waals surface area contributed by atoms with Gasteiger partial charge in [-0.2, -0.15) is 0 Å². The summed E-state index contributed by atoms with van der Waals surface area (Å²) in [7, 11) is 3.98. The van der Waals surface area contributed by atoms with Crippen LogP contribution >= 0.6 is 11.6 Å². The number of likely N-dealkylation sites (tertiary alicyclic amines) is 1. The molecule has 0 aromatic heterocycles. The Balaban J connectivity index is 1.54. The topological polar surface area (TPSA) is 32.8 Å². The molecule has 0 aliphatic carbocycles. The van der Waals surface area contributed by atoms with Gasteiger partial charge in [-0.3, -0.25) is 4.79 Å². The zero-order chi connectivity index (χ0) is 17.8. The minimum atomic E-state index is 0.0928. The molecule has 0 spiro atoms. The molecule has 1 amide bonds. The number of ether oxygens (including phenoxy) is 1. The van der Waals surface area contributed by atoms with Crippen LogP contribution in [0.2, 0.25) is 5.02 Å². The van der Waals surface area contributed by atoms with Gasteiger partial charge < -0.3 is 14.5 Å². The monoisotopic (exact) mass is 358 g/mol. The number of halogens is 1. The van der Waals surface area contributed by atoms with E-state index in [2.05, 4.69) is 0 Å². The summed E-state index contributed by atoms with van der Waals surface area (Å²) in [6.07, 6.45) is 1.82. The molecule has 5 heteroatoms. The Morgan fingerprint density at radius 2 is 1.64 bits per heavy atom. The first-order valence-corrected chi connectivity index (χ1v) is 8.89. The van der Waals surface area contributed by atoms with Crippen molar-refractivity contribution in [3.8, 4) is 5.75 Å². The van der Waals surface area contributed by atoms with Gasteiger partial charge in [-0.15, -0.1) is 0 Å². The molecule has 0 unspecified atom stereocenters. The molecule has 0 bridgehead atoms. The van der Waals surface area contributed by atoms with Gasteiger partial charge in [-0.25, -0.2) is 0 Å². The molecule has 2 aromatic carbocycles. The lowest BCUT2D eigenvalue weighted by atomic mass is 10.1. The maximum atomic E-state index is 12.6. The third kappa shape index (κ3) is 4.45. The summed E-state index contributed by atoms with van der Waals surface area (Å²) in [4.78, 5) is 16.6. The molecule has 3 rings (SSSR count). The Morgan fingerprint density at radius 3 is 2.20 bits per heavy atom. The Kier molecular flexibility index (Phi) is 5.49. The van der Waals surface area contributed by atoms with Crippen molar-refractivity contribution in [3.63, 3.8) is 0 Å². The van der Waals surface area contributed by atoms with Crippen LogP contribution in [0.15, 0.2) is 48.5 Å². The Bertz CT molecular complexity index is 705. The molecule has 4 nitrogen and oxygen atoms in total. The average molecular weight is 359 g/mol. The van der Waals surface area contributed by atoms with Gasteiger partial charge in [0, 0.05) is 56.3 Å². The van der Waals surface area contributed by atoms with E-state index in [1.165, 1.54) is 0 Å². The summed E-state index contributed by atoms with van der Waals surface area (Å²) >= 11 is 5.89. The van der Waals surface area contributed by atoms with Gasteiger partial charge in [0.05, 0.1) is 0 Å². The van der Waals surface area contributed by atoms with Gasteiger partial charge in [0.1, 0.15) is 11.9 Å². The van der Waals surface area contributed by atoms with E-state index in [4.69, 9.17) is 16.3 Å². The van der Waals surface area contributed by atoms with Crippen molar-refractivity contribution in [2.24, 2.45) is 0 Å². The van der Waals surface area contributed by atoms with Gasteiger partial charge >= 0.3 is 0 Å². The molecule has 132 valence electrons. The van der Waals surface area contributed by atoms with E-state index in [9.17, 15) is 4.79 Å². The van der Waals surface area contributed by atoms with Crippen LogP contribution in [0.1, 0.15) is 23.2 Å². The largest absolute Gasteiger partial charge is 0.490 e. The number of benzene rings is 2. The van der Waals surface area contributed by atoms with E-state index in [-0.39, 0.29) is 12.0 Å². The number of carbonyl (C=O) groups excluding carboxylic acids is 1. The molecule has 1 aliphatic heterocycles. The lowest BCUT2D eigenvalue weighted by molar-refractivity contribution is 0.0595. The molecular formula is C20H23ClN2O2. The summed E-state index contributed by atoms with van der Waals surface area (Å²) in [5, 5.41) is 0.702. The van der Waals surface area contributed by atoms with Crippen LogP contribution in [0.4, 0.5) is 5.69 Å². The second-order valence-corrected chi connectivity index (χ2v) is 6.94. The molecule has 1 aliphatic rings. The van der Waals surface area contributed by atoms with Crippen molar-refractivity contribution < 1.29 is 9.53 Å². The number of hydrogen-bond donors (Lipinski definition) is 0. The Morgan fingerprint density at radius 1 is 1.04 bits per heavy atom. The first-order chi connectivity index (χ1) is 12.0. The van der Waals surface area contributed by atoms with Crippen LogP contribution in [0, 0.1) is 0 Å². The number of amides is 1. The summed E-state index contributed by atoms with van der Waals surface area (Å²) in [6, 6.07) is 15.2. The van der Waals surface area contributed by atoms with Crippen molar-refractivity contribution in [2.45, 2.75) is 18.9 Å². The fraction of sp³-hybridized carbons (Fsp3) is 0.350. The molecule has 2 aromatic rings. The molecular weight excluding hydrogens is 336 g/mol. The normalized spacial score (nSPS) is 15.1. The molecule has 0 atom stereocenters. The van der Waals surface area contributed by atoms with E-state index in [1.807, 2.05) is 72.4 Å². The molecule has 0 saturated carbocycles. The number of rotatable bonds is 4. The lowest BCUT2D eigenvalue weighted by Gasteiger charge is -2.32. The molecule has 1 saturated heterocycles. The lowest BCUT2D eigenvalue weighted by Crippen LogP contribution is -2.41. The van der Waals surface area contributed by atoms with Crippen molar-refractivity contribution in [1.82, 2.24) is 4.90 Å². The number of carbonyl (C=O) groups is 1. The van der Waals surface area contributed by atoms with Gasteiger partial charge in [-0.1, -0.05) is 11.6 Å². The van der Waals surface area contributed by atoms with Crippen LogP contribution in [-0.2, 0) is 0 Å². The molecule has 1 heterocycles. The maximum absolute atomic E-state index is 12.6. The van der Waals surface area contributed by atoms with Crippen molar-refractivity contribution in [1.29, 1.82) is 0 Å². The predicted octanol–water partition coefficient (Wildman–Crippen LogP) is 4.09. The number of anilines is 1. The van der Waals surface area contributed by atoms with Gasteiger partial charge in [-0.05, 0) is 48.5 Å². The second-order valence-electron chi connectivity index (χ2n) is 6.50. The fourth-order valence-corrected chi connectivity index (χ4v) is 3.09. The van der Waals surface area contributed by atoms with Gasteiger partial charge in [0.25, 0.3) is 5.91 Å². The SMILES string of the molecule is CN(C)c1ccc(C(=O)N2CCC(Oc3ccc(Cl)cc3)CC2)cc1. The smallest absolute Gasteiger partial charge is 0.253 e. The highest BCUT2D eigenvalue weighted by Crippen LogP contribution is 2.22. The van der Waals surface area contributed by atoms with E-state index in [0.717, 1.165) is 29.8 Å². The third-order valence-corrected chi connectivity index (χ3v) is 4.73. The van der Waals surface area contributed by atoms with E-state index < -0.39 is 0 Å². The van der Waals surface area contributed by atoms with Crippen molar-refractivity contribution >= 4 is 23.2 Å². The van der Waals surface area contributed by atoms with Gasteiger partial charge in [0.15, 0.2) is 0 Å². The Labute approximate surface area is 154 Å². The summed E-state index contributed by atoms with van der Waals surface area (Å²) in [5.41, 5.74) is 1.83. The quantitative estimate of drug-likeness (QED) is 0.825. The van der Waals surface area contributed by atoms with Gasteiger partial charge in [0.2, 0.25) is 0 Å². The highest BCUT2D eigenvalue weighted by Gasteiger charge is 2.24. The summed E-state index contributed by atoms with van der Waals surface area (Å²) in [5.74, 6) is 0.920. The summed E-state index contributed by atoms with van der Waals surface area (Å²) in [6.45, 7) is 1.43. The number of nitrogens with zero attached hydrogens (tertiary/aromatic N) is 2.